The van der Waals surface area contributed by atoms with Gasteiger partial charge in [-0.05, 0) is 23.1 Å². The van der Waals surface area contributed by atoms with E-state index in [2.05, 4.69) is 16.1 Å². The van der Waals surface area contributed by atoms with Crippen molar-refractivity contribution in [2.45, 2.75) is 6.61 Å². The van der Waals surface area contributed by atoms with Gasteiger partial charge in [-0.2, -0.15) is 5.10 Å². The van der Waals surface area contributed by atoms with Gasteiger partial charge in [-0.25, -0.2) is 0 Å². The molecule has 1 N–H and O–H groups in total. The van der Waals surface area contributed by atoms with Crippen molar-refractivity contribution in [2.24, 2.45) is 7.05 Å². The molecule has 0 aliphatic heterocycles. The first-order chi connectivity index (χ1) is 8.28. The molecule has 0 saturated heterocycles. The van der Waals surface area contributed by atoms with Crippen molar-refractivity contribution in [3.63, 3.8) is 0 Å². The molecule has 0 aromatic carbocycles. The molecule has 5 heteroatoms. The van der Waals surface area contributed by atoms with Crippen molar-refractivity contribution in [3.05, 3.63) is 34.8 Å². The number of rotatable bonds is 2. The fraction of sp³-hybridized carbons (Fsp3) is 0.167. The summed E-state index contributed by atoms with van der Waals surface area (Å²) in [6.45, 7) is 0.0893. The Kier molecular flexibility index (Phi) is 2.42. The topological polar surface area (TPSA) is 50.9 Å². The first kappa shape index (κ1) is 10.4. The predicted molar refractivity (Wildman–Crippen MR) is 67.7 cm³/mol. The van der Waals surface area contributed by atoms with Crippen molar-refractivity contribution < 1.29 is 5.11 Å². The van der Waals surface area contributed by atoms with Crippen LogP contribution in [0, 0.1) is 0 Å². The van der Waals surface area contributed by atoms with Gasteiger partial charge in [-0.15, -0.1) is 11.3 Å². The zero-order valence-corrected chi connectivity index (χ0v) is 10.1. The summed E-state index contributed by atoms with van der Waals surface area (Å²) >= 11 is 1.56. The average molecular weight is 245 g/mol. The number of hydrogen-bond acceptors (Lipinski definition) is 4. The molecule has 0 aliphatic rings. The van der Waals surface area contributed by atoms with E-state index in [9.17, 15) is 0 Å². The Hall–Kier alpha value is -1.72. The molecule has 3 aromatic heterocycles. The van der Waals surface area contributed by atoms with Crippen LogP contribution in [0.5, 0.6) is 0 Å². The number of nitrogens with zero attached hydrogens (tertiary/aromatic N) is 3. The van der Waals surface area contributed by atoms with E-state index in [0.29, 0.717) is 0 Å². The normalized spacial score (nSPS) is 11.2. The highest BCUT2D eigenvalue weighted by Crippen LogP contribution is 2.27. The highest BCUT2D eigenvalue weighted by molar-refractivity contribution is 7.10. The minimum absolute atomic E-state index is 0.0893. The first-order valence-electron chi connectivity index (χ1n) is 5.24. The maximum atomic E-state index is 9.06. The molecule has 0 radical (unpaired) electrons. The van der Waals surface area contributed by atoms with Crippen LogP contribution in [0.1, 0.15) is 4.88 Å². The zero-order chi connectivity index (χ0) is 11.8. The number of aryl methyl sites for hydroxylation is 1. The highest BCUT2D eigenvalue weighted by Gasteiger charge is 2.06. The molecule has 0 spiro atoms. The summed E-state index contributed by atoms with van der Waals surface area (Å²) in [6.07, 6.45) is 3.60. The number of pyridine rings is 1. The third kappa shape index (κ3) is 1.73. The Balaban J connectivity index is 2.13. The second kappa shape index (κ2) is 3.94. The van der Waals surface area contributed by atoms with Crippen LogP contribution in [-0.2, 0) is 13.7 Å². The van der Waals surface area contributed by atoms with E-state index in [1.54, 1.807) is 17.5 Å². The quantitative estimate of drug-likeness (QED) is 0.753. The summed E-state index contributed by atoms with van der Waals surface area (Å²) in [7, 11) is 1.90. The number of fused-ring (bicyclic) bond motifs is 1. The molecule has 86 valence electrons. The van der Waals surface area contributed by atoms with E-state index in [-0.39, 0.29) is 6.61 Å². The Bertz CT molecular complexity index is 671. The SMILES string of the molecule is Cn1ncc2ncc(-c3csc(CO)c3)cc21. The minimum Gasteiger partial charge on any atom is -0.391 e. The molecule has 3 heterocycles. The van der Waals surface area contributed by atoms with Crippen molar-refractivity contribution in [1.82, 2.24) is 14.8 Å². The number of hydrogen-bond donors (Lipinski definition) is 1. The molecular formula is C12H11N3OS. The van der Waals surface area contributed by atoms with Gasteiger partial charge in [0.1, 0.15) is 5.52 Å². The fourth-order valence-corrected chi connectivity index (χ4v) is 2.55. The van der Waals surface area contributed by atoms with Crippen LogP contribution in [0.4, 0.5) is 0 Å². The van der Waals surface area contributed by atoms with Crippen molar-refractivity contribution in [2.75, 3.05) is 0 Å². The van der Waals surface area contributed by atoms with Gasteiger partial charge in [-0.1, -0.05) is 0 Å². The predicted octanol–water partition coefficient (Wildman–Crippen LogP) is 2.19. The number of aromatic nitrogens is 3. The second-order valence-electron chi connectivity index (χ2n) is 3.86. The Morgan fingerprint density at radius 2 is 2.18 bits per heavy atom. The van der Waals surface area contributed by atoms with Crippen LogP contribution in [0.15, 0.2) is 29.9 Å². The van der Waals surface area contributed by atoms with Crippen LogP contribution < -0.4 is 0 Å². The molecule has 3 rings (SSSR count). The van der Waals surface area contributed by atoms with Crippen molar-refractivity contribution >= 4 is 22.4 Å². The van der Waals surface area contributed by atoms with Gasteiger partial charge in [0.25, 0.3) is 0 Å². The number of aliphatic hydroxyl groups is 1. The molecule has 4 nitrogen and oxygen atoms in total. The van der Waals surface area contributed by atoms with Gasteiger partial charge < -0.3 is 5.11 Å². The molecule has 17 heavy (non-hydrogen) atoms. The second-order valence-corrected chi connectivity index (χ2v) is 4.85. The van der Waals surface area contributed by atoms with Crippen LogP contribution in [0.25, 0.3) is 22.2 Å². The largest absolute Gasteiger partial charge is 0.391 e. The molecule has 0 bridgehead atoms. The van der Waals surface area contributed by atoms with Gasteiger partial charge >= 0.3 is 0 Å². The summed E-state index contributed by atoms with van der Waals surface area (Å²) in [6, 6.07) is 4.06. The Morgan fingerprint density at radius 3 is 2.94 bits per heavy atom. The molecular weight excluding hydrogens is 234 g/mol. The fourth-order valence-electron chi connectivity index (χ4n) is 1.80. The van der Waals surface area contributed by atoms with Gasteiger partial charge in [0.2, 0.25) is 0 Å². The van der Waals surface area contributed by atoms with Gasteiger partial charge in [0.05, 0.1) is 18.3 Å². The molecule has 0 atom stereocenters. The maximum Gasteiger partial charge on any atom is 0.108 e. The van der Waals surface area contributed by atoms with E-state index in [4.69, 9.17) is 5.11 Å². The summed E-state index contributed by atoms with van der Waals surface area (Å²) in [5.74, 6) is 0. The molecule has 0 saturated carbocycles. The summed E-state index contributed by atoms with van der Waals surface area (Å²) in [5, 5.41) is 15.3. The zero-order valence-electron chi connectivity index (χ0n) is 9.29. The number of thiophene rings is 1. The van der Waals surface area contributed by atoms with E-state index < -0.39 is 0 Å². The van der Waals surface area contributed by atoms with Crippen LogP contribution in [-0.4, -0.2) is 19.9 Å². The number of aliphatic hydroxyl groups excluding tert-OH is 1. The van der Waals surface area contributed by atoms with Crippen LogP contribution in [0.3, 0.4) is 0 Å². The van der Waals surface area contributed by atoms with E-state index in [1.807, 2.05) is 29.4 Å². The minimum atomic E-state index is 0.0893. The average Bonchev–Trinajstić information content (AvgIpc) is 2.96. The third-order valence-corrected chi connectivity index (χ3v) is 3.66. The molecule has 0 unspecified atom stereocenters. The van der Waals surface area contributed by atoms with Crippen LogP contribution >= 0.6 is 11.3 Å². The van der Waals surface area contributed by atoms with E-state index >= 15 is 0 Å². The Labute approximate surface area is 102 Å². The summed E-state index contributed by atoms with van der Waals surface area (Å²) < 4.78 is 1.81. The maximum absolute atomic E-state index is 9.06. The Morgan fingerprint density at radius 1 is 1.29 bits per heavy atom. The lowest BCUT2D eigenvalue weighted by atomic mass is 10.1. The highest BCUT2D eigenvalue weighted by atomic mass is 32.1. The molecule has 0 fully saturated rings. The lowest BCUT2D eigenvalue weighted by molar-refractivity contribution is 0.285. The lowest BCUT2D eigenvalue weighted by Crippen LogP contribution is -1.89. The summed E-state index contributed by atoms with van der Waals surface area (Å²) in [5.41, 5.74) is 4.06. The molecule has 3 aromatic rings. The summed E-state index contributed by atoms with van der Waals surface area (Å²) in [4.78, 5) is 5.34. The molecule has 0 amide bonds. The van der Waals surface area contributed by atoms with E-state index in [0.717, 1.165) is 27.0 Å². The van der Waals surface area contributed by atoms with Gasteiger partial charge in [-0.3, -0.25) is 9.67 Å². The smallest absolute Gasteiger partial charge is 0.108 e. The third-order valence-electron chi connectivity index (χ3n) is 2.74. The first-order valence-corrected chi connectivity index (χ1v) is 6.12. The van der Waals surface area contributed by atoms with Gasteiger partial charge in [0, 0.05) is 23.7 Å². The monoisotopic (exact) mass is 245 g/mol. The molecule has 0 aliphatic carbocycles. The lowest BCUT2D eigenvalue weighted by Gasteiger charge is -1.98. The van der Waals surface area contributed by atoms with Crippen molar-refractivity contribution in [1.29, 1.82) is 0 Å². The van der Waals surface area contributed by atoms with Gasteiger partial charge in [0.15, 0.2) is 0 Å². The van der Waals surface area contributed by atoms with Crippen molar-refractivity contribution in [3.8, 4) is 11.1 Å². The van der Waals surface area contributed by atoms with Crippen LogP contribution in [0.2, 0.25) is 0 Å². The standard InChI is InChI=1S/C12H11N3OS/c1-15-12-3-8(4-13-11(12)5-14-15)9-2-10(6-16)17-7-9/h2-5,7,16H,6H2,1H3. The van der Waals surface area contributed by atoms with E-state index in [1.165, 1.54) is 0 Å².